The third kappa shape index (κ3) is 7.03. The van der Waals surface area contributed by atoms with E-state index in [1.54, 1.807) is 0 Å². The van der Waals surface area contributed by atoms with Crippen molar-refractivity contribution >= 4 is 0 Å². The number of allylic oxidation sites excluding steroid dienone is 4. The zero-order valence-corrected chi connectivity index (χ0v) is 12.5. The van der Waals surface area contributed by atoms with Gasteiger partial charge in [-0.1, -0.05) is 51.0 Å². The van der Waals surface area contributed by atoms with Gasteiger partial charge in [0.15, 0.2) is 0 Å². The van der Waals surface area contributed by atoms with Crippen LogP contribution in [-0.4, -0.2) is 0 Å². The van der Waals surface area contributed by atoms with Crippen molar-refractivity contribution in [3.63, 3.8) is 0 Å². The van der Waals surface area contributed by atoms with Crippen molar-refractivity contribution in [1.82, 2.24) is 0 Å². The van der Waals surface area contributed by atoms with E-state index in [9.17, 15) is 0 Å². The third-order valence-corrected chi connectivity index (χ3v) is 4.12. The minimum Gasteiger partial charge on any atom is -0.0885 e. The lowest BCUT2D eigenvalue weighted by Gasteiger charge is -2.26. The Morgan fingerprint density at radius 3 is 2.06 bits per heavy atom. The molecule has 0 aliphatic heterocycles. The summed E-state index contributed by atoms with van der Waals surface area (Å²) in [7, 11) is 0. The summed E-state index contributed by atoms with van der Waals surface area (Å²) >= 11 is 0. The molecule has 0 bridgehead atoms. The molecule has 0 spiro atoms. The van der Waals surface area contributed by atoms with Gasteiger partial charge in [-0.15, -0.1) is 0 Å². The molecule has 1 aliphatic rings. The Balaban J connectivity index is 2.08. The van der Waals surface area contributed by atoms with Gasteiger partial charge in [-0.2, -0.15) is 0 Å². The van der Waals surface area contributed by atoms with Gasteiger partial charge < -0.3 is 0 Å². The lowest BCUT2D eigenvalue weighted by Crippen LogP contribution is -2.12. The number of unbranched alkanes of at least 4 members (excludes halogenated alkanes) is 2. The molecule has 0 heterocycles. The zero-order valence-electron chi connectivity index (χ0n) is 12.5. The van der Waals surface area contributed by atoms with Crippen LogP contribution >= 0.6 is 0 Å². The second kappa shape index (κ2) is 10.4. The highest BCUT2D eigenvalue weighted by molar-refractivity contribution is 4.91. The van der Waals surface area contributed by atoms with Crippen LogP contribution in [0.5, 0.6) is 0 Å². The highest BCUT2D eigenvalue weighted by atomic mass is 14.2. The molecule has 1 aliphatic carbocycles. The van der Waals surface area contributed by atoms with Crippen molar-refractivity contribution in [2.75, 3.05) is 0 Å². The van der Waals surface area contributed by atoms with Crippen molar-refractivity contribution in [2.24, 2.45) is 11.8 Å². The first-order valence-electron chi connectivity index (χ1n) is 8.18. The Hall–Kier alpha value is -0.520. The first-order valence-corrected chi connectivity index (χ1v) is 8.18. The van der Waals surface area contributed by atoms with Gasteiger partial charge in [-0.05, 0) is 63.2 Å². The molecular weight excluding hydrogens is 216 g/mol. The Morgan fingerprint density at radius 2 is 1.39 bits per heavy atom. The molecule has 0 radical (unpaired) electrons. The topological polar surface area (TPSA) is 0 Å². The fourth-order valence-electron chi connectivity index (χ4n) is 2.86. The van der Waals surface area contributed by atoms with Crippen LogP contribution in [0, 0.1) is 11.8 Å². The molecule has 0 N–H and O–H groups in total. The Bertz CT molecular complexity index is 228. The molecule has 0 heteroatoms. The van der Waals surface area contributed by atoms with Crippen LogP contribution in [0.1, 0.15) is 78.1 Å². The van der Waals surface area contributed by atoms with E-state index in [4.69, 9.17) is 0 Å². The Morgan fingerprint density at radius 1 is 0.778 bits per heavy atom. The maximum absolute atomic E-state index is 2.49. The standard InChI is InChI=1S/C18H32/c1-3-5-7-8-10-12-18-15-13-17(14-16-18)11-9-6-4-2/h7-9,11,17-18H,3-6,10,12-16H2,1-2H3. The van der Waals surface area contributed by atoms with Gasteiger partial charge in [0.25, 0.3) is 0 Å². The Kier molecular flexibility index (Phi) is 8.98. The predicted octanol–water partition coefficient (Wildman–Crippen LogP) is 6.29. The van der Waals surface area contributed by atoms with Crippen molar-refractivity contribution in [3.05, 3.63) is 24.3 Å². The summed E-state index contributed by atoms with van der Waals surface area (Å²) in [6.07, 6.45) is 23.3. The molecule has 0 aromatic carbocycles. The van der Waals surface area contributed by atoms with Gasteiger partial charge in [-0.25, -0.2) is 0 Å². The van der Waals surface area contributed by atoms with E-state index in [0.29, 0.717) is 0 Å². The van der Waals surface area contributed by atoms with Gasteiger partial charge in [0.05, 0.1) is 0 Å². The maximum Gasteiger partial charge on any atom is -0.0233 e. The van der Waals surface area contributed by atoms with Crippen LogP contribution in [0.4, 0.5) is 0 Å². The van der Waals surface area contributed by atoms with Crippen molar-refractivity contribution in [2.45, 2.75) is 78.1 Å². The average molecular weight is 248 g/mol. The molecule has 0 atom stereocenters. The van der Waals surface area contributed by atoms with Crippen LogP contribution in [0.2, 0.25) is 0 Å². The number of hydrogen-bond acceptors (Lipinski definition) is 0. The van der Waals surface area contributed by atoms with Gasteiger partial charge in [-0.3, -0.25) is 0 Å². The minimum atomic E-state index is 0.892. The maximum atomic E-state index is 2.49. The molecule has 0 aromatic rings. The summed E-state index contributed by atoms with van der Waals surface area (Å²) in [5.41, 5.74) is 0. The van der Waals surface area contributed by atoms with Crippen LogP contribution in [0.3, 0.4) is 0 Å². The summed E-state index contributed by atoms with van der Waals surface area (Å²) in [5, 5.41) is 0. The highest BCUT2D eigenvalue weighted by Gasteiger charge is 2.18. The van der Waals surface area contributed by atoms with Gasteiger partial charge in [0, 0.05) is 0 Å². The molecule has 0 unspecified atom stereocenters. The number of hydrogen-bond donors (Lipinski definition) is 0. The lowest BCUT2D eigenvalue weighted by molar-refractivity contribution is 0.297. The molecule has 0 nitrogen and oxygen atoms in total. The third-order valence-electron chi connectivity index (χ3n) is 4.12. The molecule has 18 heavy (non-hydrogen) atoms. The minimum absolute atomic E-state index is 0.892. The average Bonchev–Trinajstić information content (AvgIpc) is 2.40. The Labute approximate surface area is 115 Å². The summed E-state index contributed by atoms with van der Waals surface area (Å²) in [5.74, 6) is 1.90. The SMILES string of the molecule is CCCC=CCCC1CCC(C=CCCC)CC1. The van der Waals surface area contributed by atoms with Gasteiger partial charge in [0.1, 0.15) is 0 Å². The van der Waals surface area contributed by atoms with Gasteiger partial charge >= 0.3 is 0 Å². The summed E-state index contributed by atoms with van der Waals surface area (Å²) in [6, 6.07) is 0. The molecule has 1 rings (SSSR count). The van der Waals surface area contributed by atoms with E-state index in [0.717, 1.165) is 11.8 Å². The zero-order chi connectivity index (χ0) is 13.1. The molecule has 0 aromatic heterocycles. The summed E-state index contributed by atoms with van der Waals surface area (Å²) in [4.78, 5) is 0. The quantitative estimate of drug-likeness (QED) is 0.443. The first kappa shape index (κ1) is 15.5. The molecule has 1 fully saturated rings. The predicted molar refractivity (Wildman–Crippen MR) is 82.8 cm³/mol. The molecular formula is C18H32. The van der Waals surface area contributed by atoms with Crippen molar-refractivity contribution in [1.29, 1.82) is 0 Å². The normalized spacial score (nSPS) is 25.2. The van der Waals surface area contributed by atoms with Gasteiger partial charge in [0.2, 0.25) is 0 Å². The molecule has 104 valence electrons. The monoisotopic (exact) mass is 248 g/mol. The number of rotatable bonds is 8. The summed E-state index contributed by atoms with van der Waals surface area (Å²) in [6.45, 7) is 4.50. The van der Waals surface area contributed by atoms with Crippen LogP contribution in [0.15, 0.2) is 24.3 Å². The van der Waals surface area contributed by atoms with E-state index in [1.807, 2.05) is 0 Å². The van der Waals surface area contributed by atoms with Crippen LogP contribution < -0.4 is 0 Å². The molecule has 0 saturated heterocycles. The highest BCUT2D eigenvalue weighted by Crippen LogP contribution is 2.32. The van der Waals surface area contributed by atoms with E-state index >= 15 is 0 Å². The van der Waals surface area contributed by atoms with Crippen molar-refractivity contribution in [3.8, 4) is 0 Å². The smallest absolute Gasteiger partial charge is 0.0233 e. The van der Waals surface area contributed by atoms with E-state index < -0.39 is 0 Å². The molecule has 1 saturated carbocycles. The van der Waals surface area contributed by atoms with Crippen molar-refractivity contribution < 1.29 is 0 Å². The lowest BCUT2D eigenvalue weighted by atomic mass is 9.80. The molecule has 0 amide bonds. The first-order chi connectivity index (χ1) is 8.86. The van der Waals surface area contributed by atoms with E-state index in [2.05, 4.69) is 38.2 Å². The van der Waals surface area contributed by atoms with Crippen LogP contribution in [0.25, 0.3) is 0 Å². The van der Waals surface area contributed by atoms with E-state index in [-0.39, 0.29) is 0 Å². The second-order valence-electron chi connectivity index (χ2n) is 5.84. The summed E-state index contributed by atoms with van der Waals surface area (Å²) < 4.78 is 0. The van der Waals surface area contributed by atoms with E-state index in [1.165, 1.54) is 64.2 Å². The van der Waals surface area contributed by atoms with Crippen LogP contribution in [-0.2, 0) is 0 Å². The second-order valence-corrected chi connectivity index (χ2v) is 5.84. The fraction of sp³-hybridized carbons (Fsp3) is 0.778. The fourth-order valence-corrected chi connectivity index (χ4v) is 2.86. The largest absolute Gasteiger partial charge is 0.0885 e.